The third kappa shape index (κ3) is 4.43. The number of carboxylic acids is 1. The highest BCUT2D eigenvalue weighted by Crippen LogP contribution is 2.40. The van der Waals surface area contributed by atoms with Gasteiger partial charge in [-0.05, 0) is 58.5 Å². The summed E-state index contributed by atoms with van der Waals surface area (Å²) in [6.07, 6.45) is 0.0134. The third-order valence-electron chi connectivity index (χ3n) is 6.31. The van der Waals surface area contributed by atoms with Crippen molar-refractivity contribution >= 4 is 17.6 Å². The van der Waals surface area contributed by atoms with Gasteiger partial charge in [0.2, 0.25) is 0 Å². The van der Waals surface area contributed by atoms with E-state index in [0.29, 0.717) is 40.5 Å². The molecule has 0 saturated carbocycles. The van der Waals surface area contributed by atoms with Gasteiger partial charge >= 0.3 is 5.97 Å². The number of benzene rings is 4. The molecule has 0 bridgehead atoms. The summed E-state index contributed by atoms with van der Waals surface area (Å²) in [6, 6.07) is 28.7. The summed E-state index contributed by atoms with van der Waals surface area (Å²) in [6.45, 7) is 0.374. The molecule has 2 N–H and O–H groups in total. The predicted molar refractivity (Wildman–Crippen MR) is 133 cm³/mol. The molecule has 0 aliphatic carbocycles. The highest BCUT2D eigenvalue weighted by atomic mass is 35.5. The Morgan fingerprint density at radius 1 is 0.882 bits per heavy atom. The van der Waals surface area contributed by atoms with Crippen LogP contribution in [-0.2, 0) is 6.42 Å². The molecule has 0 spiro atoms. The van der Waals surface area contributed by atoms with E-state index in [4.69, 9.17) is 16.3 Å². The van der Waals surface area contributed by atoms with Crippen LogP contribution >= 0.6 is 11.6 Å². The van der Waals surface area contributed by atoms with Crippen molar-refractivity contribution in [3.63, 3.8) is 0 Å². The van der Waals surface area contributed by atoms with Gasteiger partial charge in [-0.15, -0.1) is 0 Å². The molecule has 0 amide bonds. The zero-order chi connectivity index (χ0) is 23.7. The third-order valence-corrected chi connectivity index (χ3v) is 6.55. The van der Waals surface area contributed by atoms with Crippen LogP contribution in [0.3, 0.4) is 0 Å². The van der Waals surface area contributed by atoms with E-state index in [9.17, 15) is 15.0 Å². The van der Waals surface area contributed by atoms with Crippen LogP contribution in [0.4, 0.5) is 0 Å². The first-order valence-electron chi connectivity index (χ1n) is 11.1. The summed E-state index contributed by atoms with van der Waals surface area (Å²) in [5.74, 6) is -0.539. The average Bonchev–Trinajstić information content (AvgIpc) is 2.86. The minimum Gasteiger partial charge on any atom is -0.493 e. The fourth-order valence-electron chi connectivity index (χ4n) is 4.49. The first kappa shape index (κ1) is 22.2. The van der Waals surface area contributed by atoms with Gasteiger partial charge in [0.1, 0.15) is 5.75 Å². The number of aliphatic hydroxyl groups is 1. The molecule has 4 aromatic carbocycles. The van der Waals surface area contributed by atoms with Gasteiger partial charge in [-0.1, -0.05) is 78.3 Å². The predicted octanol–water partition coefficient (Wildman–Crippen LogP) is 6.66. The average molecular weight is 471 g/mol. The second kappa shape index (κ2) is 9.34. The molecule has 170 valence electrons. The van der Waals surface area contributed by atoms with Crippen LogP contribution in [0.2, 0.25) is 5.02 Å². The molecule has 0 saturated heterocycles. The molecule has 34 heavy (non-hydrogen) atoms. The molecule has 4 aromatic rings. The van der Waals surface area contributed by atoms with Gasteiger partial charge in [0.15, 0.2) is 0 Å². The number of aliphatic hydroxyl groups excluding tert-OH is 1. The maximum absolute atomic E-state index is 11.7. The van der Waals surface area contributed by atoms with Crippen LogP contribution in [0, 0.1) is 5.92 Å². The van der Waals surface area contributed by atoms with Crippen molar-refractivity contribution < 1.29 is 19.7 Å². The van der Waals surface area contributed by atoms with Crippen molar-refractivity contribution in [3.05, 3.63) is 113 Å². The smallest absolute Gasteiger partial charge is 0.336 e. The number of hydrogen-bond donors (Lipinski definition) is 2. The zero-order valence-corrected chi connectivity index (χ0v) is 19.1. The fourth-order valence-corrected chi connectivity index (χ4v) is 4.66. The zero-order valence-electron chi connectivity index (χ0n) is 18.3. The second-order valence-electron chi connectivity index (χ2n) is 8.53. The largest absolute Gasteiger partial charge is 0.493 e. The van der Waals surface area contributed by atoms with Crippen molar-refractivity contribution in [2.75, 3.05) is 6.61 Å². The van der Waals surface area contributed by atoms with E-state index < -0.39 is 12.1 Å². The number of hydrogen-bond acceptors (Lipinski definition) is 3. The Balaban J connectivity index is 1.36. The van der Waals surface area contributed by atoms with Crippen LogP contribution < -0.4 is 4.74 Å². The topological polar surface area (TPSA) is 66.8 Å². The molecular formula is C29H23ClO4. The van der Waals surface area contributed by atoms with E-state index in [0.717, 1.165) is 11.1 Å². The minimum atomic E-state index is -1.02. The second-order valence-corrected chi connectivity index (χ2v) is 8.97. The number of fused-ring (bicyclic) bond motifs is 1. The van der Waals surface area contributed by atoms with Gasteiger partial charge in [-0.2, -0.15) is 0 Å². The molecule has 2 unspecified atom stereocenters. The van der Waals surface area contributed by atoms with E-state index in [1.165, 1.54) is 11.6 Å². The van der Waals surface area contributed by atoms with E-state index in [2.05, 4.69) is 36.4 Å². The molecule has 5 rings (SSSR count). The molecule has 0 radical (unpaired) electrons. The Hall–Kier alpha value is -3.60. The maximum atomic E-state index is 11.7. The van der Waals surface area contributed by atoms with Crippen molar-refractivity contribution in [1.82, 2.24) is 0 Å². The van der Waals surface area contributed by atoms with Gasteiger partial charge in [-0.3, -0.25) is 0 Å². The van der Waals surface area contributed by atoms with Crippen LogP contribution in [-0.4, -0.2) is 22.8 Å². The highest BCUT2D eigenvalue weighted by molar-refractivity contribution is 6.31. The molecule has 5 heteroatoms. The van der Waals surface area contributed by atoms with Crippen molar-refractivity contribution in [1.29, 1.82) is 0 Å². The summed E-state index contributed by atoms with van der Waals surface area (Å²) in [5, 5.41) is 21.1. The number of aromatic carboxylic acids is 1. The Morgan fingerprint density at radius 3 is 2.32 bits per heavy atom. The summed E-state index contributed by atoms with van der Waals surface area (Å²) >= 11 is 6.11. The molecule has 0 aromatic heterocycles. The summed E-state index contributed by atoms with van der Waals surface area (Å²) in [4.78, 5) is 11.7. The van der Waals surface area contributed by atoms with E-state index in [1.54, 1.807) is 24.3 Å². The standard InChI is InChI=1S/C29H23ClO4/c30-23-11-13-24(29(32)33)26(16-23)21-10-12-25-27(15-21)34-17-22(28(25)31)14-18-6-8-20(9-7-18)19-4-2-1-3-5-19/h1-13,15-16,22,28,31H,14,17H2,(H,32,33). The van der Waals surface area contributed by atoms with E-state index in [-0.39, 0.29) is 11.5 Å². The summed E-state index contributed by atoms with van der Waals surface area (Å²) in [7, 11) is 0. The Labute approximate surface area is 203 Å². The lowest BCUT2D eigenvalue weighted by molar-refractivity contribution is 0.0508. The normalized spacial score (nSPS) is 17.0. The molecule has 1 aliphatic rings. The first-order chi connectivity index (χ1) is 16.5. The summed E-state index contributed by atoms with van der Waals surface area (Å²) < 4.78 is 6.02. The Kier molecular flexibility index (Phi) is 6.10. The lowest BCUT2D eigenvalue weighted by Crippen LogP contribution is -2.27. The van der Waals surface area contributed by atoms with Crippen molar-refractivity contribution in [2.24, 2.45) is 5.92 Å². The van der Waals surface area contributed by atoms with Crippen molar-refractivity contribution in [3.8, 4) is 28.0 Å². The molecule has 0 fully saturated rings. The Bertz CT molecular complexity index is 1330. The van der Waals surface area contributed by atoms with Gasteiger partial charge < -0.3 is 14.9 Å². The molecule has 1 aliphatic heterocycles. The highest BCUT2D eigenvalue weighted by Gasteiger charge is 2.30. The number of carbonyl (C=O) groups is 1. The monoisotopic (exact) mass is 470 g/mol. The minimum absolute atomic E-state index is 0.0818. The number of ether oxygens (including phenoxy) is 1. The number of carboxylic acid groups (broad SMARTS) is 1. The van der Waals surface area contributed by atoms with Crippen LogP contribution in [0.25, 0.3) is 22.3 Å². The summed E-state index contributed by atoms with van der Waals surface area (Å²) in [5.41, 5.74) is 5.53. The molecule has 2 atom stereocenters. The van der Waals surface area contributed by atoms with Gasteiger partial charge in [0.05, 0.1) is 18.3 Å². The van der Waals surface area contributed by atoms with Gasteiger partial charge in [-0.25, -0.2) is 4.79 Å². The lowest BCUT2D eigenvalue weighted by atomic mass is 9.86. The van der Waals surface area contributed by atoms with E-state index in [1.807, 2.05) is 24.3 Å². The van der Waals surface area contributed by atoms with Crippen LogP contribution in [0.1, 0.15) is 27.6 Å². The number of halogens is 1. The molecular weight excluding hydrogens is 448 g/mol. The molecule has 4 nitrogen and oxygen atoms in total. The Morgan fingerprint density at radius 2 is 1.59 bits per heavy atom. The van der Waals surface area contributed by atoms with Gasteiger partial charge in [0, 0.05) is 16.5 Å². The quantitative estimate of drug-likeness (QED) is 0.342. The number of rotatable bonds is 5. The lowest BCUT2D eigenvalue weighted by Gasteiger charge is -2.31. The van der Waals surface area contributed by atoms with E-state index >= 15 is 0 Å². The van der Waals surface area contributed by atoms with Crippen LogP contribution in [0.15, 0.2) is 91.0 Å². The SMILES string of the molecule is O=C(O)c1ccc(Cl)cc1-c1ccc2c(c1)OCC(Cc1ccc(-c3ccccc3)cc1)C2O. The maximum Gasteiger partial charge on any atom is 0.336 e. The van der Waals surface area contributed by atoms with Gasteiger partial charge in [0.25, 0.3) is 0 Å². The fraction of sp³-hybridized carbons (Fsp3) is 0.138. The van der Waals surface area contributed by atoms with Crippen molar-refractivity contribution in [2.45, 2.75) is 12.5 Å². The molecule has 1 heterocycles. The first-order valence-corrected chi connectivity index (χ1v) is 11.5. The van der Waals surface area contributed by atoms with Crippen LogP contribution in [0.5, 0.6) is 5.75 Å².